The van der Waals surface area contributed by atoms with E-state index in [1.54, 1.807) is 0 Å². The zero-order valence-electron chi connectivity index (χ0n) is 9.80. The molecule has 0 atom stereocenters. The van der Waals surface area contributed by atoms with E-state index in [-0.39, 0.29) is 16.9 Å². The lowest BCUT2D eigenvalue weighted by Crippen LogP contribution is -2.30. The number of carboxylic acids is 1. The first kappa shape index (κ1) is 14.3. The minimum absolute atomic E-state index is 0.00281. The minimum Gasteiger partial charge on any atom is -0.478 e. The van der Waals surface area contributed by atoms with Crippen molar-refractivity contribution in [2.45, 2.75) is 13.3 Å². The number of carbonyl (C=O) groups is 1. The van der Waals surface area contributed by atoms with Gasteiger partial charge in [0.2, 0.25) is 0 Å². The maximum Gasteiger partial charge on any atom is 0.335 e. The second kappa shape index (κ2) is 5.69. The molecule has 0 amide bonds. The van der Waals surface area contributed by atoms with Gasteiger partial charge in [-0.1, -0.05) is 6.92 Å². The Hall–Kier alpha value is -1.80. The summed E-state index contributed by atoms with van der Waals surface area (Å²) < 4.78 is 27.6. The fourth-order valence-electron chi connectivity index (χ4n) is 1.21. The highest BCUT2D eigenvalue weighted by Gasteiger charge is 2.12. The number of carboxylic acid groups (broad SMARTS) is 1. The lowest BCUT2D eigenvalue weighted by Gasteiger charge is -2.11. The van der Waals surface area contributed by atoms with E-state index in [2.05, 4.69) is 9.44 Å². The van der Waals surface area contributed by atoms with Crippen LogP contribution in [0, 0.1) is 0 Å². The van der Waals surface area contributed by atoms with Crippen LogP contribution >= 0.6 is 0 Å². The highest BCUT2D eigenvalue weighted by Crippen LogP contribution is 2.20. The molecular formula is C10H15N3O4S. The second-order valence-electron chi connectivity index (χ2n) is 3.61. The Balaban J connectivity index is 2.89. The molecule has 18 heavy (non-hydrogen) atoms. The van der Waals surface area contributed by atoms with Crippen molar-refractivity contribution in [3.63, 3.8) is 0 Å². The Morgan fingerprint density at radius 2 is 2.11 bits per heavy atom. The molecule has 0 saturated carbocycles. The number of hydrogen-bond donors (Lipinski definition) is 4. The van der Waals surface area contributed by atoms with Crippen molar-refractivity contribution in [2.24, 2.45) is 0 Å². The van der Waals surface area contributed by atoms with Gasteiger partial charge in [-0.05, 0) is 24.6 Å². The van der Waals surface area contributed by atoms with E-state index in [0.717, 1.165) is 0 Å². The predicted molar refractivity (Wildman–Crippen MR) is 68.6 cm³/mol. The van der Waals surface area contributed by atoms with Gasteiger partial charge in [-0.2, -0.15) is 13.1 Å². The van der Waals surface area contributed by atoms with Gasteiger partial charge in [-0.25, -0.2) is 4.79 Å². The van der Waals surface area contributed by atoms with Crippen molar-refractivity contribution in [3.8, 4) is 0 Å². The highest BCUT2D eigenvalue weighted by atomic mass is 32.2. The molecule has 0 aromatic heterocycles. The number of benzene rings is 1. The number of hydrogen-bond acceptors (Lipinski definition) is 4. The lowest BCUT2D eigenvalue weighted by atomic mass is 10.2. The molecule has 1 aromatic carbocycles. The molecule has 0 heterocycles. The number of nitrogens with two attached hydrogens (primary N) is 1. The Morgan fingerprint density at radius 3 is 2.61 bits per heavy atom. The van der Waals surface area contributed by atoms with E-state index in [9.17, 15) is 13.2 Å². The summed E-state index contributed by atoms with van der Waals surface area (Å²) >= 11 is 0. The van der Waals surface area contributed by atoms with Crippen LogP contribution in [-0.2, 0) is 10.2 Å². The molecule has 0 bridgehead atoms. The first-order chi connectivity index (χ1) is 8.35. The van der Waals surface area contributed by atoms with Crippen LogP contribution in [-0.4, -0.2) is 26.0 Å². The number of aromatic carboxylic acids is 1. The number of anilines is 2. The molecule has 5 N–H and O–H groups in total. The number of rotatable bonds is 6. The molecule has 0 unspecified atom stereocenters. The van der Waals surface area contributed by atoms with Crippen LogP contribution in [0.4, 0.5) is 11.4 Å². The van der Waals surface area contributed by atoms with Gasteiger partial charge in [-0.3, -0.25) is 4.72 Å². The Bertz CT molecular complexity index is 542. The quantitative estimate of drug-likeness (QED) is 0.566. The van der Waals surface area contributed by atoms with E-state index >= 15 is 0 Å². The molecule has 0 radical (unpaired) electrons. The van der Waals surface area contributed by atoms with Gasteiger partial charge in [0, 0.05) is 6.54 Å². The Morgan fingerprint density at radius 1 is 1.44 bits per heavy atom. The van der Waals surface area contributed by atoms with Crippen LogP contribution in [0.5, 0.6) is 0 Å². The molecular weight excluding hydrogens is 258 g/mol. The average molecular weight is 273 g/mol. The zero-order valence-corrected chi connectivity index (χ0v) is 10.6. The summed E-state index contributed by atoms with van der Waals surface area (Å²) in [7, 11) is -3.68. The first-order valence-corrected chi connectivity index (χ1v) is 6.74. The highest BCUT2D eigenvalue weighted by molar-refractivity contribution is 7.90. The molecule has 8 heteroatoms. The Labute approximate surface area is 105 Å². The summed E-state index contributed by atoms with van der Waals surface area (Å²) in [5, 5.41) is 8.74. The number of nitrogens with one attached hydrogen (secondary N) is 2. The summed E-state index contributed by atoms with van der Waals surface area (Å²) in [5.74, 6) is -1.12. The van der Waals surface area contributed by atoms with Gasteiger partial charge in [0.25, 0.3) is 10.2 Å². The van der Waals surface area contributed by atoms with Crippen LogP contribution < -0.4 is 15.2 Å². The largest absolute Gasteiger partial charge is 0.478 e. The van der Waals surface area contributed by atoms with Crippen molar-refractivity contribution in [2.75, 3.05) is 17.0 Å². The summed E-state index contributed by atoms with van der Waals surface area (Å²) in [5.41, 5.74) is 5.77. The van der Waals surface area contributed by atoms with E-state index in [0.29, 0.717) is 13.0 Å². The van der Waals surface area contributed by atoms with Crippen LogP contribution in [0.3, 0.4) is 0 Å². The second-order valence-corrected chi connectivity index (χ2v) is 5.11. The van der Waals surface area contributed by atoms with Gasteiger partial charge in [-0.15, -0.1) is 0 Å². The van der Waals surface area contributed by atoms with Crippen LogP contribution in [0.15, 0.2) is 18.2 Å². The van der Waals surface area contributed by atoms with Crippen molar-refractivity contribution in [1.82, 2.24) is 4.72 Å². The lowest BCUT2D eigenvalue weighted by molar-refractivity contribution is 0.0697. The van der Waals surface area contributed by atoms with Crippen molar-refractivity contribution in [1.29, 1.82) is 0 Å². The fraction of sp³-hybridized carbons (Fsp3) is 0.300. The van der Waals surface area contributed by atoms with Crippen LogP contribution in [0.2, 0.25) is 0 Å². The standard InChI is InChI=1S/C10H15N3O4S/c1-2-5-12-18(16,17)13-9-4-3-7(10(14)15)6-8(9)11/h3-4,6,12-13H,2,5,11H2,1H3,(H,14,15). The SMILES string of the molecule is CCCNS(=O)(=O)Nc1ccc(C(=O)O)cc1N. The third-order valence-corrected chi connectivity index (χ3v) is 3.16. The maximum atomic E-state index is 11.5. The van der Waals surface area contributed by atoms with Gasteiger partial charge in [0.05, 0.1) is 16.9 Å². The van der Waals surface area contributed by atoms with Gasteiger partial charge < -0.3 is 10.8 Å². The first-order valence-electron chi connectivity index (χ1n) is 5.26. The topological polar surface area (TPSA) is 122 Å². The molecule has 100 valence electrons. The summed E-state index contributed by atoms with van der Waals surface area (Å²) in [6, 6.07) is 3.78. The fourth-order valence-corrected chi connectivity index (χ4v) is 2.23. The minimum atomic E-state index is -3.68. The molecule has 0 aliphatic heterocycles. The normalized spacial score (nSPS) is 11.2. The van der Waals surface area contributed by atoms with Crippen LogP contribution in [0.1, 0.15) is 23.7 Å². The molecule has 1 rings (SSSR count). The summed E-state index contributed by atoms with van der Waals surface area (Å²) in [4.78, 5) is 10.7. The summed E-state index contributed by atoms with van der Waals surface area (Å²) in [6.45, 7) is 2.14. The molecule has 0 fully saturated rings. The van der Waals surface area contributed by atoms with Crippen molar-refractivity contribution in [3.05, 3.63) is 23.8 Å². The Kier molecular flexibility index (Phi) is 4.51. The molecule has 0 spiro atoms. The van der Waals surface area contributed by atoms with Gasteiger partial charge in [0.15, 0.2) is 0 Å². The number of nitrogen functional groups attached to an aromatic ring is 1. The third-order valence-electron chi connectivity index (χ3n) is 2.08. The molecule has 1 aromatic rings. The van der Waals surface area contributed by atoms with Crippen molar-refractivity contribution < 1.29 is 18.3 Å². The van der Waals surface area contributed by atoms with E-state index < -0.39 is 16.2 Å². The van der Waals surface area contributed by atoms with E-state index in [1.165, 1.54) is 18.2 Å². The van der Waals surface area contributed by atoms with Gasteiger partial charge in [0.1, 0.15) is 0 Å². The predicted octanol–water partition coefficient (Wildman–Crippen LogP) is 0.623. The van der Waals surface area contributed by atoms with Crippen LogP contribution in [0.25, 0.3) is 0 Å². The van der Waals surface area contributed by atoms with Gasteiger partial charge >= 0.3 is 5.97 Å². The third kappa shape index (κ3) is 3.90. The summed E-state index contributed by atoms with van der Waals surface area (Å²) in [6.07, 6.45) is 0.661. The molecule has 0 aliphatic rings. The average Bonchev–Trinajstić information content (AvgIpc) is 2.29. The molecule has 0 aliphatic carbocycles. The molecule has 7 nitrogen and oxygen atoms in total. The van der Waals surface area contributed by atoms with Crippen molar-refractivity contribution >= 4 is 27.6 Å². The van der Waals surface area contributed by atoms with E-state index in [1.807, 2.05) is 6.92 Å². The molecule has 0 saturated heterocycles. The maximum absolute atomic E-state index is 11.5. The van der Waals surface area contributed by atoms with E-state index in [4.69, 9.17) is 10.8 Å². The monoisotopic (exact) mass is 273 g/mol. The zero-order chi connectivity index (χ0) is 13.8. The smallest absolute Gasteiger partial charge is 0.335 e.